The number of aromatic nitrogens is 4. The van der Waals surface area contributed by atoms with E-state index in [-0.39, 0.29) is 5.91 Å². The monoisotopic (exact) mass is 357 g/mol. The zero-order valence-electron chi connectivity index (χ0n) is 15.0. The molecule has 4 rings (SSSR count). The molecule has 0 spiro atoms. The summed E-state index contributed by atoms with van der Waals surface area (Å²) in [6.07, 6.45) is 4.82. The molecule has 2 heterocycles. The predicted molar refractivity (Wildman–Crippen MR) is 106 cm³/mol. The maximum atomic E-state index is 12.1. The number of fused-ring (bicyclic) bond motifs is 2. The van der Waals surface area contributed by atoms with Crippen LogP contribution in [-0.2, 0) is 11.3 Å². The second kappa shape index (κ2) is 7.37. The molecule has 1 amide bonds. The molecule has 6 nitrogen and oxygen atoms in total. The molecule has 0 aliphatic heterocycles. The Kier molecular flexibility index (Phi) is 4.61. The average Bonchev–Trinajstić information content (AvgIpc) is 3.01. The van der Waals surface area contributed by atoms with Crippen molar-refractivity contribution in [2.24, 2.45) is 0 Å². The van der Waals surface area contributed by atoms with Crippen molar-refractivity contribution in [1.82, 2.24) is 24.8 Å². The van der Waals surface area contributed by atoms with Gasteiger partial charge in [-0.3, -0.25) is 9.78 Å². The van der Waals surface area contributed by atoms with Crippen LogP contribution < -0.4 is 5.32 Å². The van der Waals surface area contributed by atoms with E-state index in [0.717, 1.165) is 27.9 Å². The van der Waals surface area contributed by atoms with Gasteiger partial charge in [0.05, 0.1) is 34.0 Å². The lowest BCUT2D eigenvalue weighted by atomic mass is 10.3. The van der Waals surface area contributed by atoms with Crippen LogP contribution in [0.2, 0.25) is 0 Å². The van der Waals surface area contributed by atoms with Crippen molar-refractivity contribution in [1.29, 1.82) is 0 Å². The van der Waals surface area contributed by atoms with E-state index in [2.05, 4.69) is 24.8 Å². The molecule has 2 aromatic carbocycles. The van der Waals surface area contributed by atoms with Gasteiger partial charge in [-0.1, -0.05) is 24.3 Å². The molecular weight excluding hydrogens is 338 g/mol. The summed E-state index contributed by atoms with van der Waals surface area (Å²) in [4.78, 5) is 25.4. The fourth-order valence-electron chi connectivity index (χ4n) is 3.04. The van der Waals surface area contributed by atoms with E-state index in [4.69, 9.17) is 0 Å². The van der Waals surface area contributed by atoms with E-state index < -0.39 is 0 Å². The summed E-state index contributed by atoms with van der Waals surface area (Å²) >= 11 is 0. The quantitative estimate of drug-likeness (QED) is 0.557. The number of aryl methyl sites for hydroxylation is 1. The lowest BCUT2D eigenvalue weighted by molar-refractivity contribution is -0.116. The number of imidazole rings is 1. The number of hydrogen-bond acceptors (Lipinski definition) is 4. The first-order valence-electron chi connectivity index (χ1n) is 8.80. The van der Waals surface area contributed by atoms with Crippen LogP contribution in [0.1, 0.15) is 11.5 Å². The molecule has 0 bridgehead atoms. The molecule has 0 fully saturated rings. The fourth-order valence-corrected chi connectivity index (χ4v) is 3.04. The lowest BCUT2D eigenvalue weighted by Crippen LogP contribution is -2.25. The minimum atomic E-state index is -0.160. The third-order valence-electron chi connectivity index (χ3n) is 4.35. The molecule has 0 radical (unpaired) electrons. The van der Waals surface area contributed by atoms with Crippen LogP contribution in [0.15, 0.2) is 60.8 Å². The molecule has 4 aromatic rings. The maximum absolute atomic E-state index is 12.1. The van der Waals surface area contributed by atoms with Crippen molar-refractivity contribution in [3.63, 3.8) is 0 Å². The zero-order valence-corrected chi connectivity index (χ0v) is 15.0. The first-order valence-corrected chi connectivity index (χ1v) is 8.80. The molecule has 27 heavy (non-hydrogen) atoms. The van der Waals surface area contributed by atoms with Gasteiger partial charge in [-0.25, -0.2) is 9.97 Å². The van der Waals surface area contributed by atoms with Crippen molar-refractivity contribution < 1.29 is 4.79 Å². The number of amides is 1. The van der Waals surface area contributed by atoms with E-state index in [1.54, 1.807) is 12.3 Å². The average molecular weight is 357 g/mol. The van der Waals surface area contributed by atoms with E-state index in [9.17, 15) is 4.79 Å². The SMILES string of the molecule is Cc1nc2ccccc2n1CCNC(=O)/C=C/c1cnc2ccccc2n1. The molecule has 6 heteroatoms. The molecule has 0 unspecified atom stereocenters. The van der Waals surface area contributed by atoms with Crippen LogP contribution in [0.3, 0.4) is 0 Å². The number of nitrogens with zero attached hydrogens (tertiary/aromatic N) is 4. The second-order valence-electron chi connectivity index (χ2n) is 6.21. The van der Waals surface area contributed by atoms with Crippen molar-refractivity contribution in [2.45, 2.75) is 13.5 Å². The molecule has 0 saturated carbocycles. The zero-order chi connectivity index (χ0) is 18.6. The molecule has 0 aliphatic rings. The van der Waals surface area contributed by atoms with E-state index in [0.29, 0.717) is 18.8 Å². The van der Waals surface area contributed by atoms with Crippen molar-refractivity contribution in [3.05, 3.63) is 72.3 Å². The van der Waals surface area contributed by atoms with Gasteiger partial charge < -0.3 is 9.88 Å². The summed E-state index contributed by atoms with van der Waals surface area (Å²) in [7, 11) is 0. The molecule has 134 valence electrons. The second-order valence-corrected chi connectivity index (χ2v) is 6.21. The predicted octanol–water partition coefficient (Wildman–Crippen LogP) is 3.12. The molecule has 0 aliphatic carbocycles. The van der Waals surface area contributed by atoms with Crippen molar-refractivity contribution in [3.8, 4) is 0 Å². The highest BCUT2D eigenvalue weighted by atomic mass is 16.1. The summed E-state index contributed by atoms with van der Waals surface area (Å²) in [6, 6.07) is 15.6. The Morgan fingerprint density at radius 1 is 1.04 bits per heavy atom. The highest BCUT2D eigenvalue weighted by molar-refractivity contribution is 5.91. The topological polar surface area (TPSA) is 72.7 Å². The first kappa shape index (κ1) is 16.9. The van der Waals surface area contributed by atoms with Gasteiger partial charge in [0.1, 0.15) is 5.82 Å². The van der Waals surface area contributed by atoms with Crippen molar-refractivity contribution >= 4 is 34.1 Å². The fraction of sp³-hybridized carbons (Fsp3) is 0.143. The highest BCUT2D eigenvalue weighted by Crippen LogP contribution is 2.14. The van der Waals surface area contributed by atoms with Gasteiger partial charge in [-0.05, 0) is 37.3 Å². The van der Waals surface area contributed by atoms with Gasteiger partial charge in [0.2, 0.25) is 5.91 Å². The van der Waals surface area contributed by atoms with Gasteiger partial charge in [0.25, 0.3) is 0 Å². The van der Waals surface area contributed by atoms with Crippen LogP contribution in [0.25, 0.3) is 28.1 Å². The minimum absolute atomic E-state index is 0.160. The Bertz CT molecular complexity index is 1150. The number of hydrogen-bond donors (Lipinski definition) is 1. The van der Waals surface area contributed by atoms with Crippen LogP contribution in [-0.4, -0.2) is 32.0 Å². The van der Waals surface area contributed by atoms with Gasteiger partial charge in [-0.2, -0.15) is 0 Å². The summed E-state index contributed by atoms with van der Waals surface area (Å²) in [6.45, 7) is 3.16. The lowest BCUT2D eigenvalue weighted by Gasteiger charge is -2.07. The van der Waals surface area contributed by atoms with Crippen LogP contribution >= 0.6 is 0 Å². The number of benzene rings is 2. The van der Waals surface area contributed by atoms with Crippen LogP contribution in [0.5, 0.6) is 0 Å². The largest absolute Gasteiger partial charge is 0.351 e. The van der Waals surface area contributed by atoms with Crippen LogP contribution in [0.4, 0.5) is 0 Å². The Morgan fingerprint density at radius 3 is 2.63 bits per heavy atom. The Balaban J connectivity index is 1.37. The first-order chi connectivity index (χ1) is 13.2. The number of carbonyl (C=O) groups excluding carboxylic acids is 1. The summed E-state index contributed by atoms with van der Waals surface area (Å²) < 4.78 is 2.11. The summed E-state index contributed by atoms with van der Waals surface area (Å²) in [5.74, 6) is 0.777. The standard InChI is InChI=1S/C21H19N5O/c1-15-24-19-8-4-5-9-20(19)26(15)13-12-22-21(27)11-10-16-14-23-17-6-2-3-7-18(17)25-16/h2-11,14H,12-13H2,1H3,(H,22,27)/b11-10+. The van der Waals surface area contributed by atoms with E-state index in [1.807, 2.05) is 55.5 Å². The van der Waals surface area contributed by atoms with Crippen LogP contribution in [0, 0.1) is 6.92 Å². The van der Waals surface area contributed by atoms with Gasteiger partial charge in [0, 0.05) is 19.2 Å². The third-order valence-corrected chi connectivity index (χ3v) is 4.35. The Labute approximate surface area is 156 Å². The normalized spacial score (nSPS) is 11.4. The number of carbonyl (C=O) groups is 1. The van der Waals surface area contributed by atoms with E-state index >= 15 is 0 Å². The maximum Gasteiger partial charge on any atom is 0.244 e. The smallest absolute Gasteiger partial charge is 0.244 e. The highest BCUT2D eigenvalue weighted by Gasteiger charge is 2.06. The number of nitrogens with one attached hydrogen (secondary N) is 1. The van der Waals surface area contributed by atoms with Gasteiger partial charge >= 0.3 is 0 Å². The molecule has 2 aromatic heterocycles. The number of rotatable bonds is 5. The van der Waals surface area contributed by atoms with Crippen molar-refractivity contribution in [2.75, 3.05) is 6.54 Å². The third kappa shape index (κ3) is 3.69. The summed E-state index contributed by atoms with van der Waals surface area (Å²) in [5.41, 5.74) is 4.34. The Morgan fingerprint density at radius 2 is 1.78 bits per heavy atom. The molecule has 0 saturated heterocycles. The van der Waals surface area contributed by atoms with E-state index in [1.165, 1.54) is 6.08 Å². The van der Waals surface area contributed by atoms with Gasteiger partial charge in [0.15, 0.2) is 0 Å². The molecular formula is C21H19N5O. The van der Waals surface area contributed by atoms with Gasteiger partial charge in [-0.15, -0.1) is 0 Å². The summed E-state index contributed by atoms with van der Waals surface area (Å²) in [5, 5.41) is 2.90. The number of para-hydroxylation sites is 4. The minimum Gasteiger partial charge on any atom is -0.351 e. The molecule has 0 atom stereocenters. The Hall–Kier alpha value is -3.54. The molecule has 1 N–H and O–H groups in total.